The summed E-state index contributed by atoms with van der Waals surface area (Å²) in [6, 6.07) is 6.04. The highest BCUT2D eigenvalue weighted by Gasteiger charge is 2.42. The largest absolute Gasteiger partial charge is 0.508 e. The van der Waals surface area contributed by atoms with Gasteiger partial charge in [-0.15, -0.1) is 0 Å². The molecule has 1 aliphatic carbocycles. The molecule has 0 radical (unpaired) electrons. The molecular formula is C13H13NO4. The van der Waals surface area contributed by atoms with Gasteiger partial charge in [0.2, 0.25) is 5.91 Å². The number of primary amides is 1. The molecule has 0 saturated heterocycles. The Balaban J connectivity index is 2.60. The van der Waals surface area contributed by atoms with E-state index in [1.807, 2.05) is 0 Å². The third-order valence-electron chi connectivity index (χ3n) is 2.94. The molecular weight excluding hydrogens is 234 g/mol. The standard InChI is InChI=1S/C13H13NO4/c14-12(17)10-6-5-8(15)7-13(10,18)9-3-1-2-4-11(9)16/h1-7,10,15-16,18H,(H2,14,17). The molecule has 2 rings (SSSR count). The second kappa shape index (κ2) is 4.19. The van der Waals surface area contributed by atoms with Gasteiger partial charge in [0.1, 0.15) is 17.1 Å². The molecule has 1 amide bonds. The van der Waals surface area contributed by atoms with Gasteiger partial charge in [-0.2, -0.15) is 0 Å². The highest BCUT2D eigenvalue weighted by Crippen LogP contribution is 2.39. The zero-order chi connectivity index (χ0) is 13.3. The van der Waals surface area contributed by atoms with E-state index in [4.69, 9.17) is 5.73 Å². The first-order chi connectivity index (χ1) is 8.45. The minimum atomic E-state index is -1.85. The van der Waals surface area contributed by atoms with E-state index in [2.05, 4.69) is 0 Å². The first-order valence-electron chi connectivity index (χ1n) is 5.35. The summed E-state index contributed by atoms with van der Waals surface area (Å²) in [6.45, 7) is 0. The van der Waals surface area contributed by atoms with Gasteiger partial charge in [0, 0.05) is 5.56 Å². The molecule has 0 fully saturated rings. The summed E-state index contributed by atoms with van der Waals surface area (Å²) in [4.78, 5) is 11.4. The van der Waals surface area contributed by atoms with Crippen molar-refractivity contribution in [3.05, 3.63) is 53.8 Å². The molecule has 0 aliphatic heterocycles. The fraction of sp³-hybridized carbons (Fsp3) is 0.154. The molecule has 0 spiro atoms. The highest BCUT2D eigenvalue weighted by molar-refractivity contribution is 5.81. The molecule has 0 bridgehead atoms. The number of amides is 1. The zero-order valence-corrected chi connectivity index (χ0v) is 9.45. The van der Waals surface area contributed by atoms with Crippen LogP contribution in [0.1, 0.15) is 5.56 Å². The number of phenolic OH excluding ortho intramolecular Hbond substituents is 1. The van der Waals surface area contributed by atoms with Crippen molar-refractivity contribution in [1.82, 2.24) is 0 Å². The van der Waals surface area contributed by atoms with E-state index < -0.39 is 17.4 Å². The lowest BCUT2D eigenvalue weighted by molar-refractivity contribution is -0.126. The quantitative estimate of drug-likeness (QED) is 0.617. The summed E-state index contributed by atoms with van der Waals surface area (Å²) in [5, 5.41) is 29.8. The number of nitrogens with two attached hydrogens (primary N) is 1. The third-order valence-corrected chi connectivity index (χ3v) is 2.94. The summed E-state index contributed by atoms with van der Waals surface area (Å²) in [5.74, 6) is -2.17. The molecule has 2 unspecified atom stereocenters. The van der Waals surface area contributed by atoms with Crippen molar-refractivity contribution in [2.75, 3.05) is 0 Å². The smallest absolute Gasteiger partial charge is 0.227 e. The molecule has 5 heteroatoms. The van der Waals surface area contributed by atoms with Gasteiger partial charge in [0.05, 0.1) is 5.92 Å². The number of benzene rings is 1. The van der Waals surface area contributed by atoms with Crippen molar-refractivity contribution in [1.29, 1.82) is 0 Å². The molecule has 0 saturated carbocycles. The molecule has 94 valence electrons. The minimum absolute atomic E-state index is 0.115. The first kappa shape index (κ1) is 12.2. The number of hydrogen-bond acceptors (Lipinski definition) is 4. The van der Waals surface area contributed by atoms with Crippen LogP contribution in [0.2, 0.25) is 0 Å². The average molecular weight is 247 g/mol. The van der Waals surface area contributed by atoms with Crippen molar-refractivity contribution >= 4 is 5.91 Å². The van der Waals surface area contributed by atoms with E-state index in [1.54, 1.807) is 12.1 Å². The molecule has 0 heterocycles. The molecule has 18 heavy (non-hydrogen) atoms. The van der Waals surface area contributed by atoms with Crippen LogP contribution < -0.4 is 5.73 Å². The predicted molar refractivity (Wildman–Crippen MR) is 64.5 cm³/mol. The zero-order valence-electron chi connectivity index (χ0n) is 9.45. The maximum absolute atomic E-state index is 11.4. The second-order valence-corrected chi connectivity index (χ2v) is 4.15. The van der Waals surface area contributed by atoms with Crippen LogP contribution in [0.15, 0.2) is 48.3 Å². The van der Waals surface area contributed by atoms with Crippen LogP contribution in [0, 0.1) is 5.92 Å². The lowest BCUT2D eigenvalue weighted by Crippen LogP contribution is -2.42. The molecule has 0 aromatic heterocycles. The van der Waals surface area contributed by atoms with Crippen LogP contribution in [-0.4, -0.2) is 21.2 Å². The molecule has 2 atom stereocenters. The number of aliphatic hydroxyl groups is 2. The Morgan fingerprint density at radius 3 is 2.56 bits per heavy atom. The number of phenols is 1. The van der Waals surface area contributed by atoms with Crippen molar-refractivity contribution in [2.45, 2.75) is 5.60 Å². The van der Waals surface area contributed by atoms with Crippen molar-refractivity contribution in [2.24, 2.45) is 11.7 Å². The Bertz CT molecular complexity index is 550. The summed E-state index contributed by atoms with van der Waals surface area (Å²) in [6.07, 6.45) is 3.69. The van der Waals surface area contributed by atoms with Crippen molar-refractivity contribution < 1.29 is 20.1 Å². The number of allylic oxidation sites excluding steroid dienone is 1. The topological polar surface area (TPSA) is 104 Å². The van der Waals surface area contributed by atoms with E-state index in [1.165, 1.54) is 24.3 Å². The lowest BCUT2D eigenvalue weighted by atomic mass is 9.77. The van der Waals surface area contributed by atoms with E-state index in [0.29, 0.717) is 0 Å². The van der Waals surface area contributed by atoms with Gasteiger partial charge in [0.25, 0.3) is 0 Å². The number of hydrogen-bond donors (Lipinski definition) is 4. The molecule has 1 aliphatic rings. The lowest BCUT2D eigenvalue weighted by Gasteiger charge is -2.33. The van der Waals surface area contributed by atoms with Gasteiger partial charge in [0.15, 0.2) is 0 Å². The second-order valence-electron chi connectivity index (χ2n) is 4.15. The predicted octanol–water partition coefficient (Wildman–Crippen LogP) is 0.693. The van der Waals surface area contributed by atoms with E-state index >= 15 is 0 Å². The minimum Gasteiger partial charge on any atom is -0.508 e. The number of carbonyl (C=O) groups is 1. The van der Waals surface area contributed by atoms with E-state index in [-0.39, 0.29) is 17.1 Å². The number of rotatable bonds is 2. The Hall–Kier alpha value is -2.27. The van der Waals surface area contributed by atoms with Gasteiger partial charge < -0.3 is 21.1 Å². The van der Waals surface area contributed by atoms with Gasteiger partial charge >= 0.3 is 0 Å². The number of carbonyl (C=O) groups excluding carboxylic acids is 1. The molecule has 1 aromatic carbocycles. The van der Waals surface area contributed by atoms with Crippen LogP contribution >= 0.6 is 0 Å². The summed E-state index contributed by atoms with van der Waals surface area (Å²) in [7, 11) is 0. The van der Waals surface area contributed by atoms with E-state index in [0.717, 1.165) is 6.08 Å². The summed E-state index contributed by atoms with van der Waals surface area (Å²) in [5.41, 5.74) is 3.50. The summed E-state index contributed by atoms with van der Waals surface area (Å²) < 4.78 is 0. The van der Waals surface area contributed by atoms with Crippen LogP contribution in [0.3, 0.4) is 0 Å². The van der Waals surface area contributed by atoms with E-state index in [9.17, 15) is 20.1 Å². The Morgan fingerprint density at radius 2 is 1.94 bits per heavy atom. The third kappa shape index (κ3) is 1.84. The number of aliphatic hydroxyl groups excluding tert-OH is 1. The molecule has 1 aromatic rings. The summed E-state index contributed by atoms with van der Waals surface area (Å²) >= 11 is 0. The maximum atomic E-state index is 11.4. The van der Waals surface area contributed by atoms with Crippen LogP contribution in [0.4, 0.5) is 0 Å². The molecule has 5 nitrogen and oxygen atoms in total. The monoisotopic (exact) mass is 247 g/mol. The van der Waals surface area contributed by atoms with Crippen LogP contribution in [-0.2, 0) is 10.4 Å². The van der Waals surface area contributed by atoms with Crippen LogP contribution in [0.5, 0.6) is 5.75 Å². The van der Waals surface area contributed by atoms with Crippen molar-refractivity contribution in [3.8, 4) is 5.75 Å². The van der Waals surface area contributed by atoms with Gasteiger partial charge in [-0.1, -0.05) is 24.3 Å². The number of para-hydroxylation sites is 1. The Labute approximate surface area is 103 Å². The highest BCUT2D eigenvalue weighted by atomic mass is 16.3. The fourth-order valence-corrected chi connectivity index (χ4v) is 2.07. The fourth-order valence-electron chi connectivity index (χ4n) is 2.07. The van der Waals surface area contributed by atoms with Gasteiger partial charge in [-0.05, 0) is 18.2 Å². The Morgan fingerprint density at radius 1 is 1.28 bits per heavy atom. The normalized spacial score (nSPS) is 26.7. The molecule has 5 N–H and O–H groups in total. The van der Waals surface area contributed by atoms with Crippen LogP contribution in [0.25, 0.3) is 0 Å². The maximum Gasteiger partial charge on any atom is 0.227 e. The number of aromatic hydroxyl groups is 1. The average Bonchev–Trinajstić information content (AvgIpc) is 2.28. The van der Waals surface area contributed by atoms with Crippen molar-refractivity contribution in [3.63, 3.8) is 0 Å². The SMILES string of the molecule is NC(=O)C1C=CC(O)=CC1(O)c1ccccc1O. The van der Waals surface area contributed by atoms with Gasteiger partial charge in [-0.25, -0.2) is 0 Å². The van der Waals surface area contributed by atoms with Gasteiger partial charge in [-0.3, -0.25) is 4.79 Å². The first-order valence-corrected chi connectivity index (χ1v) is 5.35. The Kier molecular flexibility index (Phi) is 2.84.